The summed E-state index contributed by atoms with van der Waals surface area (Å²) < 4.78 is 0. The van der Waals surface area contributed by atoms with Gasteiger partial charge in [-0.05, 0) is 11.6 Å². The van der Waals surface area contributed by atoms with Gasteiger partial charge in [-0.3, -0.25) is 29.6 Å². The van der Waals surface area contributed by atoms with Crippen LogP contribution in [0.15, 0.2) is 64.6 Å². The minimum Gasteiger partial charge on any atom is -0.508 e. The van der Waals surface area contributed by atoms with Gasteiger partial charge in [0.05, 0.1) is 24.9 Å². The molecule has 5 rings (SSSR count). The number of amides is 2. The molecule has 0 aromatic heterocycles. The molecule has 3 heterocycles. The Kier molecular flexibility index (Phi) is 5.05. The fourth-order valence-electron chi connectivity index (χ4n) is 5.17. The summed E-state index contributed by atoms with van der Waals surface area (Å²) in [6.07, 6.45) is 1.28. The van der Waals surface area contributed by atoms with Crippen LogP contribution in [0.25, 0.3) is 0 Å². The predicted molar refractivity (Wildman–Crippen MR) is 119 cm³/mol. The first-order valence-electron chi connectivity index (χ1n) is 10.6. The van der Waals surface area contributed by atoms with Crippen LogP contribution in [0.1, 0.15) is 23.6 Å². The number of hydrogen-bond acceptors (Lipinski definition) is 7. The smallest absolute Gasteiger partial charge is 0.325 e. The number of nitrogens with one attached hydrogen (secondary N) is 1. The fraction of sp³-hybridized carbons (Fsp3) is 0.292. The van der Waals surface area contributed by atoms with Gasteiger partial charge in [-0.2, -0.15) is 0 Å². The lowest BCUT2D eigenvalue weighted by atomic mass is 9.76. The fourth-order valence-corrected chi connectivity index (χ4v) is 5.17. The number of aromatic hydroxyl groups is 1. The van der Waals surface area contributed by atoms with Crippen LogP contribution < -0.4 is 5.32 Å². The van der Waals surface area contributed by atoms with E-state index < -0.39 is 41.2 Å². The monoisotopic (exact) mass is 446 g/mol. The average Bonchev–Trinajstić information content (AvgIpc) is 3.49. The van der Waals surface area contributed by atoms with E-state index in [1.165, 1.54) is 12.4 Å². The number of carboxylic acids is 1. The Morgan fingerprint density at radius 2 is 1.82 bits per heavy atom. The Balaban J connectivity index is 1.60. The van der Waals surface area contributed by atoms with E-state index in [0.717, 1.165) is 10.5 Å². The van der Waals surface area contributed by atoms with Gasteiger partial charge in [-0.25, -0.2) is 4.99 Å². The normalized spacial score (nSPS) is 28.3. The highest BCUT2D eigenvalue weighted by Gasteiger charge is 2.68. The zero-order chi connectivity index (χ0) is 23.2. The molecular formula is C24H22N4O5. The molecule has 168 valence electrons. The van der Waals surface area contributed by atoms with E-state index in [9.17, 15) is 24.6 Å². The Bertz CT molecular complexity index is 1190. The second-order valence-corrected chi connectivity index (χ2v) is 8.54. The first-order chi connectivity index (χ1) is 15.9. The molecule has 0 unspecified atom stereocenters. The largest absolute Gasteiger partial charge is 0.508 e. The van der Waals surface area contributed by atoms with Crippen LogP contribution in [0, 0.1) is 11.8 Å². The third-order valence-electron chi connectivity index (χ3n) is 6.66. The van der Waals surface area contributed by atoms with E-state index in [-0.39, 0.29) is 25.3 Å². The van der Waals surface area contributed by atoms with Gasteiger partial charge < -0.3 is 10.2 Å². The van der Waals surface area contributed by atoms with Crippen LogP contribution >= 0.6 is 0 Å². The Labute approximate surface area is 189 Å². The molecule has 0 saturated carbocycles. The minimum atomic E-state index is -1.76. The van der Waals surface area contributed by atoms with Crippen LogP contribution in [0.5, 0.6) is 5.75 Å². The maximum absolute atomic E-state index is 13.6. The van der Waals surface area contributed by atoms with Crippen LogP contribution in [0.4, 0.5) is 0 Å². The first kappa shape index (κ1) is 21.0. The van der Waals surface area contributed by atoms with Crippen LogP contribution in [-0.4, -0.2) is 57.0 Å². The zero-order valence-electron chi connectivity index (χ0n) is 17.6. The van der Waals surface area contributed by atoms with Crippen LogP contribution in [-0.2, 0) is 20.9 Å². The van der Waals surface area contributed by atoms with E-state index in [2.05, 4.69) is 15.3 Å². The van der Waals surface area contributed by atoms with Gasteiger partial charge in [0, 0.05) is 23.7 Å². The highest BCUT2D eigenvalue weighted by molar-refractivity contribution is 6.11. The lowest BCUT2D eigenvalue weighted by molar-refractivity contribution is -0.151. The van der Waals surface area contributed by atoms with Gasteiger partial charge in [0.1, 0.15) is 17.6 Å². The van der Waals surface area contributed by atoms with Crippen molar-refractivity contribution in [1.29, 1.82) is 0 Å². The molecule has 9 heteroatoms. The number of aliphatic carboxylic acids is 1. The first-order valence-corrected chi connectivity index (χ1v) is 10.6. The summed E-state index contributed by atoms with van der Waals surface area (Å²) in [5.74, 6) is -4.44. The number of phenolic OH excluding ortho intramolecular Hbond substituents is 1. The van der Waals surface area contributed by atoms with Gasteiger partial charge in [-0.1, -0.05) is 48.5 Å². The molecule has 3 aliphatic heterocycles. The van der Waals surface area contributed by atoms with E-state index in [1.54, 1.807) is 18.2 Å². The van der Waals surface area contributed by atoms with Crippen molar-refractivity contribution in [3.63, 3.8) is 0 Å². The second-order valence-electron chi connectivity index (χ2n) is 8.54. The lowest BCUT2D eigenvalue weighted by Gasteiger charge is -2.31. The summed E-state index contributed by atoms with van der Waals surface area (Å²) >= 11 is 0. The highest BCUT2D eigenvalue weighted by atomic mass is 16.4. The maximum atomic E-state index is 13.6. The lowest BCUT2D eigenvalue weighted by Crippen LogP contribution is -2.57. The molecular weight excluding hydrogens is 424 g/mol. The number of phenols is 1. The number of carbonyl (C=O) groups excluding carboxylic acids is 2. The number of fused-ring (bicyclic) bond motifs is 1. The van der Waals surface area contributed by atoms with Crippen molar-refractivity contribution in [2.75, 3.05) is 6.54 Å². The SMILES string of the molecule is O=C1[C@@H]2[C@@H](c3ccccc3O)N[C@@](CC3=NC=NC3)(C(=O)O)[C@@H]2C(=O)N1Cc1ccccc1. The number of aliphatic imine (C=N–C) groups is 2. The van der Waals surface area contributed by atoms with Gasteiger partial charge in [0.2, 0.25) is 11.8 Å². The zero-order valence-corrected chi connectivity index (χ0v) is 17.6. The van der Waals surface area contributed by atoms with Crippen molar-refractivity contribution >= 4 is 29.8 Å². The van der Waals surface area contributed by atoms with E-state index >= 15 is 0 Å². The predicted octanol–water partition coefficient (Wildman–Crippen LogP) is 1.53. The van der Waals surface area contributed by atoms with Crippen LogP contribution in [0.3, 0.4) is 0 Å². The minimum absolute atomic E-state index is 0.0543. The third kappa shape index (κ3) is 3.32. The number of likely N-dealkylation sites (tertiary alicyclic amines) is 1. The summed E-state index contributed by atoms with van der Waals surface area (Å²) in [6.45, 7) is 0.296. The molecule has 0 bridgehead atoms. The number of nitrogens with zero attached hydrogens (tertiary/aromatic N) is 3. The molecule has 3 N–H and O–H groups in total. The molecule has 4 atom stereocenters. The molecule has 9 nitrogen and oxygen atoms in total. The summed E-state index contributed by atoms with van der Waals surface area (Å²) in [6, 6.07) is 14.7. The van der Waals surface area contributed by atoms with Crippen molar-refractivity contribution in [2.45, 2.75) is 24.5 Å². The van der Waals surface area contributed by atoms with Gasteiger partial charge in [0.25, 0.3) is 0 Å². The molecule has 0 aliphatic carbocycles. The van der Waals surface area contributed by atoms with Gasteiger partial charge >= 0.3 is 5.97 Å². The molecule has 3 aliphatic rings. The summed E-state index contributed by atoms with van der Waals surface area (Å²) in [5.41, 5.74) is -0.102. The summed E-state index contributed by atoms with van der Waals surface area (Å²) in [7, 11) is 0. The van der Waals surface area contributed by atoms with Gasteiger partial charge in [-0.15, -0.1) is 0 Å². The molecule has 33 heavy (non-hydrogen) atoms. The summed E-state index contributed by atoms with van der Waals surface area (Å²) in [5, 5.41) is 23.9. The Morgan fingerprint density at radius 1 is 1.09 bits per heavy atom. The molecule has 2 aromatic carbocycles. The third-order valence-corrected chi connectivity index (χ3v) is 6.66. The second kappa shape index (κ2) is 7.93. The van der Waals surface area contributed by atoms with Crippen molar-refractivity contribution < 1.29 is 24.6 Å². The van der Waals surface area contributed by atoms with Crippen molar-refractivity contribution in [1.82, 2.24) is 10.2 Å². The number of carbonyl (C=O) groups is 3. The highest BCUT2D eigenvalue weighted by Crippen LogP contribution is 2.51. The molecule has 2 amide bonds. The van der Waals surface area contributed by atoms with Crippen molar-refractivity contribution in [2.24, 2.45) is 21.8 Å². The maximum Gasteiger partial charge on any atom is 0.325 e. The van der Waals surface area contributed by atoms with Gasteiger partial charge in [0.15, 0.2) is 0 Å². The van der Waals surface area contributed by atoms with E-state index in [4.69, 9.17) is 0 Å². The topological polar surface area (TPSA) is 132 Å². The molecule has 2 aromatic rings. The van der Waals surface area contributed by atoms with Crippen molar-refractivity contribution in [3.8, 4) is 5.75 Å². The number of para-hydroxylation sites is 1. The number of carboxylic acid groups (broad SMARTS) is 1. The summed E-state index contributed by atoms with van der Waals surface area (Å²) in [4.78, 5) is 49.3. The molecule has 0 spiro atoms. The van der Waals surface area contributed by atoms with E-state index in [0.29, 0.717) is 11.3 Å². The Morgan fingerprint density at radius 3 is 2.48 bits per heavy atom. The molecule has 0 radical (unpaired) electrons. The molecule has 2 saturated heterocycles. The van der Waals surface area contributed by atoms with Crippen LogP contribution in [0.2, 0.25) is 0 Å². The Hall–Kier alpha value is -3.85. The number of benzene rings is 2. The van der Waals surface area contributed by atoms with Crippen molar-refractivity contribution in [3.05, 3.63) is 65.7 Å². The number of imide groups is 1. The standard InChI is InChI=1S/C24H22N4O5/c29-17-9-5-4-8-16(17)20-18-19(24(27-20,23(32)33)10-15-11-25-13-26-15)22(31)28(21(18)30)12-14-6-2-1-3-7-14/h1-9,13,18-20,27,29H,10-12H2,(H,32,33)/t18-,19-,20+,24+/m0/s1. The van der Waals surface area contributed by atoms with E-state index in [1.807, 2.05) is 30.3 Å². The quantitative estimate of drug-likeness (QED) is 0.577. The average molecular weight is 446 g/mol. The number of rotatable bonds is 6. The number of hydrogen-bond donors (Lipinski definition) is 3. The molecule has 2 fully saturated rings.